The molecule has 0 bridgehead atoms. The lowest BCUT2D eigenvalue weighted by atomic mass is 10.0. The fraction of sp³-hybridized carbons (Fsp3) is 0.861. The van der Waals surface area contributed by atoms with Crippen molar-refractivity contribution < 1.29 is 42.9 Å². The molecule has 0 radical (unpaired) electrons. The van der Waals surface area contributed by atoms with E-state index in [1.807, 2.05) is 11.8 Å². The SMILES string of the molecule is CCCC.CNC(=O)C(CCCNC(=O)CCCCC1SCC2NC(=O)NC21)NC(=O)COCCOCCNC(=O)COCCOCCNC(C)(C)C. The number of rotatable bonds is 28. The third-order valence-corrected chi connectivity index (χ3v) is 9.66. The molecule has 6 amide bonds. The third-order valence-electron chi connectivity index (χ3n) is 8.15. The summed E-state index contributed by atoms with van der Waals surface area (Å²) in [6, 6.07) is -0.462. The van der Waals surface area contributed by atoms with Gasteiger partial charge in [0.1, 0.15) is 19.3 Å². The van der Waals surface area contributed by atoms with Gasteiger partial charge in [0.2, 0.25) is 23.6 Å². The van der Waals surface area contributed by atoms with Gasteiger partial charge in [0, 0.05) is 49.6 Å². The number of hydrogen-bond donors (Lipinski definition) is 7. The molecule has 2 heterocycles. The van der Waals surface area contributed by atoms with Crippen LogP contribution in [0.4, 0.5) is 4.79 Å². The lowest BCUT2D eigenvalue weighted by Crippen LogP contribution is -2.47. The van der Waals surface area contributed by atoms with Crippen molar-refractivity contribution in [3.63, 3.8) is 0 Å². The highest BCUT2D eigenvalue weighted by Gasteiger charge is 2.42. The Bertz CT molecular complexity index is 1050. The van der Waals surface area contributed by atoms with Crippen LogP contribution in [0.3, 0.4) is 0 Å². The third kappa shape index (κ3) is 25.1. The van der Waals surface area contributed by atoms with E-state index in [0.717, 1.165) is 31.6 Å². The Labute approximate surface area is 321 Å². The highest BCUT2D eigenvalue weighted by Crippen LogP contribution is 2.33. The lowest BCUT2D eigenvalue weighted by Gasteiger charge is -2.20. The number of ether oxygens (including phenoxy) is 4. The first-order chi connectivity index (χ1) is 25.4. The summed E-state index contributed by atoms with van der Waals surface area (Å²) in [7, 11) is 1.50. The topological polar surface area (TPSA) is 206 Å². The molecule has 0 aromatic heterocycles. The van der Waals surface area contributed by atoms with Crippen LogP contribution in [0.25, 0.3) is 0 Å². The minimum absolute atomic E-state index is 0.0441. The van der Waals surface area contributed by atoms with E-state index < -0.39 is 11.9 Å². The number of nitrogens with one attached hydrogen (secondary N) is 7. The Morgan fingerprint density at radius 2 is 1.42 bits per heavy atom. The molecule has 0 saturated carbocycles. The first kappa shape index (κ1) is 48.3. The molecule has 4 atom stereocenters. The molecule has 0 aliphatic carbocycles. The van der Waals surface area contributed by atoms with E-state index in [4.69, 9.17) is 18.9 Å². The van der Waals surface area contributed by atoms with Gasteiger partial charge in [-0.1, -0.05) is 33.1 Å². The zero-order valence-electron chi connectivity index (χ0n) is 33.0. The van der Waals surface area contributed by atoms with Gasteiger partial charge in [0.15, 0.2) is 0 Å². The summed E-state index contributed by atoms with van der Waals surface area (Å²) in [5.74, 6) is -0.131. The predicted octanol–water partition coefficient (Wildman–Crippen LogP) is 1.22. The monoisotopic (exact) mass is 775 g/mol. The van der Waals surface area contributed by atoms with Crippen molar-refractivity contribution in [3.8, 4) is 0 Å². The maximum Gasteiger partial charge on any atom is 0.315 e. The number of unbranched alkanes of at least 4 members (excludes halogenated alkanes) is 2. The molecule has 2 rings (SSSR count). The molecule has 2 aliphatic heterocycles. The van der Waals surface area contributed by atoms with E-state index >= 15 is 0 Å². The number of thioether (sulfide) groups is 1. The standard InChI is InChI=1S/C32H59N7O9S.C4H10/c1-32(2,3)36-13-15-46-17-18-47-20-27(41)35-12-14-45-16-19-48-21-28(42)37-23(30(43)33-4)8-7-11-34-26(40)10-6-5-9-25-29-24(22-49-25)38-31(44)39-29;1-3-4-2/h23-25,29,36H,5-22H2,1-4H3,(H,33,43)(H,34,40)(H,35,41)(H,37,42)(H2,38,39,44);3-4H2,1-2H3. The fourth-order valence-electron chi connectivity index (χ4n) is 5.16. The summed E-state index contributed by atoms with van der Waals surface area (Å²) >= 11 is 1.86. The van der Waals surface area contributed by atoms with Crippen LogP contribution in [-0.4, -0.2) is 144 Å². The second kappa shape index (κ2) is 29.6. The highest BCUT2D eigenvalue weighted by atomic mass is 32.2. The van der Waals surface area contributed by atoms with Crippen LogP contribution in [0, 0.1) is 0 Å². The molecule has 16 nitrogen and oxygen atoms in total. The molecule has 17 heteroatoms. The van der Waals surface area contributed by atoms with Gasteiger partial charge in [-0.3, -0.25) is 19.2 Å². The minimum atomic E-state index is -0.747. The number of carbonyl (C=O) groups is 5. The van der Waals surface area contributed by atoms with Crippen LogP contribution >= 0.6 is 11.8 Å². The zero-order valence-corrected chi connectivity index (χ0v) is 33.9. The van der Waals surface area contributed by atoms with E-state index in [-0.39, 0.29) is 74.4 Å². The molecule has 0 spiro atoms. The molecular weight excluding hydrogens is 707 g/mol. The van der Waals surface area contributed by atoms with Crippen molar-refractivity contribution >= 4 is 41.4 Å². The highest BCUT2D eigenvalue weighted by molar-refractivity contribution is 8.00. The Hall–Kier alpha value is -2.70. The van der Waals surface area contributed by atoms with Gasteiger partial charge in [-0.05, 0) is 46.5 Å². The average Bonchev–Trinajstić information content (AvgIpc) is 3.68. The molecule has 308 valence electrons. The normalized spacial score (nSPS) is 18.2. The molecule has 0 aromatic rings. The van der Waals surface area contributed by atoms with E-state index in [9.17, 15) is 24.0 Å². The van der Waals surface area contributed by atoms with Crippen LogP contribution in [0.1, 0.15) is 86.0 Å². The number of likely N-dealkylation sites (N-methyl/N-ethyl adjacent to an activating group) is 1. The van der Waals surface area contributed by atoms with Gasteiger partial charge in [0.05, 0.1) is 51.7 Å². The van der Waals surface area contributed by atoms with Crippen LogP contribution < -0.4 is 37.2 Å². The van der Waals surface area contributed by atoms with Gasteiger partial charge >= 0.3 is 6.03 Å². The number of fused-ring (bicyclic) bond motifs is 1. The van der Waals surface area contributed by atoms with Crippen molar-refractivity contribution in [1.82, 2.24) is 37.2 Å². The average molecular weight is 776 g/mol. The van der Waals surface area contributed by atoms with E-state index in [2.05, 4.69) is 71.8 Å². The van der Waals surface area contributed by atoms with Gasteiger partial charge in [0.25, 0.3) is 0 Å². The molecule has 7 N–H and O–H groups in total. The predicted molar refractivity (Wildman–Crippen MR) is 207 cm³/mol. The van der Waals surface area contributed by atoms with Gasteiger partial charge < -0.3 is 56.2 Å². The molecule has 53 heavy (non-hydrogen) atoms. The summed E-state index contributed by atoms with van der Waals surface area (Å²) in [5, 5.41) is 20.4. The van der Waals surface area contributed by atoms with Crippen molar-refractivity contribution in [3.05, 3.63) is 0 Å². The molecule has 0 aromatic carbocycles. The van der Waals surface area contributed by atoms with Gasteiger partial charge in [-0.2, -0.15) is 11.8 Å². The number of hydrogen-bond acceptors (Lipinski definition) is 11. The quantitative estimate of drug-likeness (QED) is 0.0445. The summed E-state index contributed by atoms with van der Waals surface area (Å²) < 4.78 is 21.5. The second-order valence-electron chi connectivity index (χ2n) is 14.0. The Morgan fingerprint density at radius 1 is 0.792 bits per heavy atom. The van der Waals surface area contributed by atoms with Crippen LogP contribution in [-0.2, 0) is 38.1 Å². The second-order valence-corrected chi connectivity index (χ2v) is 15.2. The maximum absolute atomic E-state index is 12.3. The first-order valence-corrected chi connectivity index (χ1v) is 20.2. The summed E-state index contributed by atoms with van der Waals surface area (Å²) in [5.41, 5.74) is 0.0482. The summed E-state index contributed by atoms with van der Waals surface area (Å²) in [6.07, 6.45) is 6.56. The summed E-state index contributed by atoms with van der Waals surface area (Å²) in [6.45, 7) is 13.8. The van der Waals surface area contributed by atoms with Crippen LogP contribution in [0.15, 0.2) is 0 Å². The van der Waals surface area contributed by atoms with Crippen molar-refractivity contribution in [2.75, 3.05) is 85.3 Å². The number of urea groups is 1. The maximum atomic E-state index is 12.3. The van der Waals surface area contributed by atoms with Crippen molar-refractivity contribution in [2.24, 2.45) is 0 Å². The fourth-order valence-corrected chi connectivity index (χ4v) is 6.70. The smallest absolute Gasteiger partial charge is 0.315 e. The van der Waals surface area contributed by atoms with E-state index in [0.29, 0.717) is 57.4 Å². The Kier molecular flexibility index (Phi) is 27.0. The van der Waals surface area contributed by atoms with E-state index in [1.165, 1.54) is 19.9 Å². The molecule has 2 saturated heterocycles. The molecule has 2 fully saturated rings. The van der Waals surface area contributed by atoms with Crippen LogP contribution in [0.2, 0.25) is 0 Å². The van der Waals surface area contributed by atoms with Crippen molar-refractivity contribution in [2.45, 2.75) is 115 Å². The van der Waals surface area contributed by atoms with Crippen LogP contribution in [0.5, 0.6) is 0 Å². The zero-order chi connectivity index (χ0) is 39.3. The minimum Gasteiger partial charge on any atom is -0.378 e. The van der Waals surface area contributed by atoms with E-state index in [1.54, 1.807) is 0 Å². The largest absolute Gasteiger partial charge is 0.378 e. The molecule has 4 unspecified atom stereocenters. The van der Waals surface area contributed by atoms with Crippen molar-refractivity contribution in [1.29, 1.82) is 0 Å². The Balaban J connectivity index is 0.00000333. The van der Waals surface area contributed by atoms with Gasteiger partial charge in [-0.15, -0.1) is 0 Å². The Morgan fingerprint density at radius 3 is 2.06 bits per heavy atom. The number of amides is 6. The lowest BCUT2D eigenvalue weighted by molar-refractivity contribution is -0.131. The number of carbonyl (C=O) groups excluding carboxylic acids is 5. The van der Waals surface area contributed by atoms with Gasteiger partial charge in [-0.25, -0.2) is 4.79 Å². The molecule has 2 aliphatic rings. The molecular formula is C36H69N7O9S. The first-order valence-electron chi connectivity index (χ1n) is 19.2. The summed E-state index contributed by atoms with van der Waals surface area (Å²) in [4.78, 5) is 60.2.